The number of hydrogen-bond acceptors (Lipinski definition) is 4. The molecule has 0 fully saturated rings. The topological polar surface area (TPSA) is 64.0 Å². The summed E-state index contributed by atoms with van der Waals surface area (Å²) in [7, 11) is 0. The molecule has 0 atom stereocenters. The van der Waals surface area contributed by atoms with E-state index < -0.39 is 0 Å². The fourth-order valence-corrected chi connectivity index (χ4v) is 12.7. The Morgan fingerprint density at radius 3 is 1.94 bits per heavy atom. The summed E-state index contributed by atoms with van der Waals surface area (Å²) in [5.74, 6) is 0. The summed E-state index contributed by atoms with van der Waals surface area (Å²) < 4.78 is 13.6. The van der Waals surface area contributed by atoms with Crippen molar-refractivity contribution in [3.63, 3.8) is 0 Å². The van der Waals surface area contributed by atoms with Gasteiger partial charge in [-0.2, -0.15) is 5.26 Å². The van der Waals surface area contributed by atoms with Crippen LogP contribution in [0.5, 0.6) is 0 Å². The number of benzene rings is 10. The number of nitrogens with zero attached hydrogens (tertiary/aromatic N) is 5. The van der Waals surface area contributed by atoms with Gasteiger partial charge in [0, 0.05) is 76.6 Å². The van der Waals surface area contributed by atoms with Crippen molar-refractivity contribution in [2.45, 2.75) is 0 Å². The Balaban J connectivity index is 1.24. The van der Waals surface area contributed by atoms with E-state index in [2.05, 4.69) is 135 Å². The molecule has 5 aromatic heterocycles. The molecule has 0 saturated carbocycles. The monoisotopic (exact) mass is 881 g/mol. The molecule has 0 radical (unpaired) electrons. The van der Waals surface area contributed by atoms with Crippen LogP contribution in [0.3, 0.4) is 0 Å². The van der Waals surface area contributed by atoms with Gasteiger partial charge >= 0.3 is 0 Å². The van der Waals surface area contributed by atoms with Crippen molar-refractivity contribution >= 4 is 124 Å². The fraction of sp³-hybridized carbons (Fsp3) is 0. The highest BCUT2D eigenvalue weighted by atomic mass is 32.1. The standard InChI is InChI=1S/C61H31N5OS/c1-63-57-53(34-15-4-2-5-16-34)45(31-62)58(54(35-17-6-3-7-18-35)60(57)65-47-24-14-23-40-36-19-8-9-20-37(36)46-32-64-33-49(65)56(46)55(40)47)66-48-30-51-44(38-21-10-12-25-50(38)67-51)29-43(48)41-27-28-42-39-22-11-13-26-52(39)68-61(42)59(41)66/h2-30,32-33H. The van der Waals surface area contributed by atoms with Crippen LogP contribution in [0.1, 0.15) is 5.56 Å². The molecule has 0 amide bonds. The van der Waals surface area contributed by atoms with Gasteiger partial charge in [0.2, 0.25) is 5.69 Å². The Bertz CT molecular complexity index is 4660. The smallest absolute Gasteiger partial charge is 0.220 e. The molecule has 15 rings (SSSR count). The lowest BCUT2D eigenvalue weighted by atomic mass is 9.88. The SMILES string of the molecule is [C-]#[N+]c1c(-c2ccccc2)c(C#N)c(-n2c3cc4oc5ccccc5c4cc3c3ccc4c5ccccc5sc4c32)c(-c2ccccc2)c1-n1c2cccc3c4ccccc4c4cncc1c4c32. The highest BCUT2D eigenvalue weighted by Gasteiger charge is 2.33. The average Bonchev–Trinajstić information content (AvgIpc) is 4.15. The van der Waals surface area contributed by atoms with Gasteiger partial charge in [0.15, 0.2) is 0 Å². The summed E-state index contributed by atoms with van der Waals surface area (Å²) in [5.41, 5.74) is 10.4. The van der Waals surface area contributed by atoms with Crippen LogP contribution in [-0.2, 0) is 0 Å². The number of fused-ring (bicyclic) bond motifs is 13. The van der Waals surface area contributed by atoms with Crippen LogP contribution < -0.4 is 0 Å². The molecule has 15 aromatic rings. The van der Waals surface area contributed by atoms with Crippen molar-refractivity contribution in [2.75, 3.05) is 0 Å². The first-order valence-electron chi connectivity index (χ1n) is 22.5. The quantitative estimate of drug-likeness (QED) is 0.131. The molecule has 5 heterocycles. The van der Waals surface area contributed by atoms with Crippen molar-refractivity contribution in [2.24, 2.45) is 0 Å². The molecular weight excluding hydrogens is 851 g/mol. The van der Waals surface area contributed by atoms with Crippen molar-refractivity contribution in [1.82, 2.24) is 14.1 Å². The van der Waals surface area contributed by atoms with Gasteiger partial charge < -0.3 is 13.6 Å². The number of thiophene rings is 1. The molecule has 10 aromatic carbocycles. The Morgan fingerprint density at radius 2 is 1.16 bits per heavy atom. The van der Waals surface area contributed by atoms with Crippen LogP contribution in [0.15, 0.2) is 193 Å². The molecule has 7 heteroatoms. The van der Waals surface area contributed by atoms with E-state index in [1.807, 2.05) is 73.1 Å². The molecule has 0 unspecified atom stereocenters. The highest BCUT2D eigenvalue weighted by molar-refractivity contribution is 7.26. The van der Waals surface area contributed by atoms with Gasteiger partial charge in [-0.25, -0.2) is 4.85 Å². The van der Waals surface area contributed by atoms with Crippen molar-refractivity contribution in [3.05, 3.63) is 205 Å². The predicted molar refractivity (Wildman–Crippen MR) is 281 cm³/mol. The molecule has 68 heavy (non-hydrogen) atoms. The number of para-hydroxylation sites is 1. The molecule has 0 bridgehead atoms. The highest BCUT2D eigenvalue weighted by Crippen LogP contribution is 2.54. The third-order valence-electron chi connectivity index (χ3n) is 14.2. The number of rotatable bonds is 4. The molecule has 0 spiro atoms. The van der Waals surface area contributed by atoms with Gasteiger partial charge in [0.05, 0.1) is 56.5 Å². The zero-order valence-electron chi connectivity index (χ0n) is 36.0. The molecule has 0 aliphatic carbocycles. The second-order valence-electron chi connectivity index (χ2n) is 17.5. The molecule has 0 aliphatic rings. The Labute approximate surface area is 391 Å². The van der Waals surface area contributed by atoms with Crippen LogP contribution in [0.4, 0.5) is 5.69 Å². The van der Waals surface area contributed by atoms with E-state index in [-0.39, 0.29) is 0 Å². The van der Waals surface area contributed by atoms with Gasteiger partial charge in [0.25, 0.3) is 0 Å². The summed E-state index contributed by atoms with van der Waals surface area (Å²) in [6.07, 6.45) is 3.92. The molecule has 0 aliphatic heterocycles. The van der Waals surface area contributed by atoms with Crippen LogP contribution >= 0.6 is 11.3 Å². The van der Waals surface area contributed by atoms with Crippen LogP contribution in [-0.4, -0.2) is 14.1 Å². The van der Waals surface area contributed by atoms with E-state index >= 15 is 0 Å². The number of hydrogen-bond donors (Lipinski definition) is 0. The van der Waals surface area contributed by atoms with Gasteiger partial charge in [0.1, 0.15) is 17.2 Å². The number of furan rings is 1. The molecule has 6 nitrogen and oxygen atoms in total. The lowest BCUT2D eigenvalue weighted by Crippen LogP contribution is -2.09. The van der Waals surface area contributed by atoms with Gasteiger partial charge in [-0.05, 0) is 51.6 Å². The third-order valence-corrected chi connectivity index (χ3v) is 15.4. The minimum absolute atomic E-state index is 0.383. The molecular formula is C61H31N5OS. The van der Waals surface area contributed by atoms with Crippen LogP contribution in [0.25, 0.3) is 146 Å². The average molecular weight is 882 g/mol. The zero-order chi connectivity index (χ0) is 44.8. The lowest BCUT2D eigenvalue weighted by molar-refractivity contribution is 0.669. The van der Waals surface area contributed by atoms with Crippen molar-refractivity contribution in [3.8, 4) is 39.7 Å². The Hall–Kier alpha value is -9.27. The largest absolute Gasteiger partial charge is 0.456 e. The summed E-state index contributed by atoms with van der Waals surface area (Å²) in [6, 6.07) is 63.8. The Kier molecular flexibility index (Phi) is 7.42. The van der Waals surface area contributed by atoms with E-state index in [1.165, 1.54) is 10.1 Å². The van der Waals surface area contributed by atoms with Gasteiger partial charge in [-0.3, -0.25) is 4.98 Å². The van der Waals surface area contributed by atoms with Gasteiger partial charge in [-0.1, -0.05) is 146 Å². The van der Waals surface area contributed by atoms with E-state index in [4.69, 9.17) is 9.40 Å². The molecule has 0 saturated heterocycles. The van der Waals surface area contributed by atoms with Crippen LogP contribution in [0.2, 0.25) is 0 Å². The summed E-state index contributed by atoms with van der Waals surface area (Å²) in [5, 5.41) is 25.2. The minimum Gasteiger partial charge on any atom is -0.456 e. The molecule has 312 valence electrons. The maximum absolute atomic E-state index is 12.0. The van der Waals surface area contributed by atoms with Crippen molar-refractivity contribution in [1.29, 1.82) is 5.26 Å². The summed E-state index contributed by atoms with van der Waals surface area (Å²) in [4.78, 5) is 9.49. The fourth-order valence-electron chi connectivity index (χ4n) is 11.5. The van der Waals surface area contributed by atoms with E-state index in [0.717, 1.165) is 114 Å². The second kappa shape index (κ2) is 13.6. The lowest BCUT2D eigenvalue weighted by Gasteiger charge is -2.25. The normalized spacial score (nSPS) is 12.1. The summed E-state index contributed by atoms with van der Waals surface area (Å²) >= 11 is 1.77. The maximum Gasteiger partial charge on any atom is 0.220 e. The minimum atomic E-state index is 0.383. The first-order valence-corrected chi connectivity index (χ1v) is 23.4. The first kappa shape index (κ1) is 37.0. The summed E-state index contributed by atoms with van der Waals surface area (Å²) in [6.45, 7) is 9.32. The van der Waals surface area contributed by atoms with E-state index in [1.54, 1.807) is 11.3 Å². The third kappa shape index (κ3) is 4.74. The van der Waals surface area contributed by atoms with Crippen molar-refractivity contribution < 1.29 is 4.42 Å². The zero-order valence-corrected chi connectivity index (χ0v) is 36.8. The van der Waals surface area contributed by atoms with E-state index in [9.17, 15) is 11.8 Å². The predicted octanol–water partition coefficient (Wildman–Crippen LogP) is 17.0. The molecule has 0 N–H and O–H groups in total. The Morgan fingerprint density at radius 1 is 0.500 bits per heavy atom. The second-order valence-corrected chi connectivity index (χ2v) is 18.6. The first-order chi connectivity index (χ1) is 33.7. The number of aromatic nitrogens is 3. The van der Waals surface area contributed by atoms with Crippen LogP contribution in [0, 0.1) is 17.9 Å². The van der Waals surface area contributed by atoms with E-state index in [0.29, 0.717) is 28.2 Å². The number of pyridine rings is 1. The maximum atomic E-state index is 12.0. The van der Waals surface area contributed by atoms with Gasteiger partial charge in [-0.15, -0.1) is 11.3 Å². The number of nitriles is 1.